The molecule has 1 aromatic heterocycles. The molecule has 128 valence electrons. The molecule has 1 aliphatic heterocycles. The lowest BCUT2D eigenvalue weighted by molar-refractivity contribution is 0.0177. The van der Waals surface area contributed by atoms with Gasteiger partial charge >= 0.3 is 6.09 Å². The first-order valence-electron chi connectivity index (χ1n) is 7.78. The number of carbonyl (C=O) groups excluding carboxylic acids is 1. The van der Waals surface area contributed by atoms with Gasteiger partial charge in [0, 0.05) is 23.4 Å². The molecule has 0 N–H and O–H groups in total. The van der Waals surface area contributed by atoms with Gasteiger partial charge in [-0.05, 0) is 38.5 Å². The van der Waals surface area contributed by atoms with Gasteiger partial charge in [0.05, 0.1) is 6.04 Å². The summed E-state index contributed by atoms with van der Waals surface area (Å²) in [5, 5.41) is -0.327. The van der Waals surface area contributed by atoms with Gasteiger partial charge in [-0.3, -0.25) is 4.90 Å². The number of halogens is 2. The lowest BCUT2D eigenvalue weighted by Crippen LogP contribution is -2.43. The monoisotopic (exact) mass is 351 g/mol. The van der Waals surface area contributed by atoms with E-state index in [0.717, 1.165) is 16.2 Å². The number of rotatable bonds is 1. The van der Waals surface area contributed by atoms with Crippen molar-refractivity contribution in [3.63, 3.8) is 0 Å². The Morgan fingerprint density at radius 2 is 1.96 bits per heavy atom. The number of amides is 1. The normalized spacial score (nSPS) is 17.5. The molecule has 1 aromatic carbocycles. The third-order valence-corrected chi connectivity index (χ3v) is 4.82. The Balaban J connectivity index is 2.06. The topological polar surface area (TPSA) is 29.5 Å². The van der Waals surface area contributed by atoms with E-state index in [1.54, 1.807) is 39.0 Å². The summed E-state index contributed by atoms with van der Waals surface area (Å²) in [5.41, 5.74) is 0.332. The van der Waals surface area contributed by atoms with Crippen molar-refractivity contribution in [2.24, 2.45) is 0 Å². The highest BCUT2D eigenvalue weighted by atomic mass is 32.1. The van der Waals surface area contributed by atoms with E-state index in [2.05, 4.69) is 0 Å². The molecule has 0 saturated heterocycles. The van der Waals surface area contributed by atoms with Crippen molar-refractivity contribution in [2.45, 2.75) is 38.8 Å². The summed E-state index contributed by atoms with van der Waals surface area (Å²) in [6.07, 6.45) is 0.0155. The highest BCUT2D eigenvalue weighted by Crippen LogP contribution is 2.40. The Bertz CT molecular complexity index is 767. The van der Waals surface area contributed by atoms with Gasteiger partial charge in [0.1, 0.15) is 11.4 Å². The van der Waals surface area contributed by atoms with Gasteiger partial charge in [0.2, 0.25) is 0 Å². The number of nitrogens with zero attached hydrogens (tertiary/aromatic N) is 1. The second-order valence-electron chi connectivity index (χ2n) is 6.78. The first-order chi connectivity index (χ1) is 11.3. The standard InChI is InChI=1S/C18H19F2NO2S/c1-18(2,3)23-17(22)21-9-8-14-12(10-15(20)24-14)16(21)11-6-4-5-7-13(11)19/h4-7,10,16H,8-9H2,1-3H3. The van der Waals surface area contributed by atoms with E-state index >= 15 is 0 Å². The maximum Gasteiger partial charge on any atom is 0.411 e. The molecule has 0 fully saturated rings. The van der Waals surface area contributed by atoms with Crippen LogP contribution in [0.2, 0.25) is 0 Å². The van der Waals surface area contributed by atoms with Crippen molar-refractivity contribution in [2.75, 3.05) is 6.54 Å². The molecule has 2 aromatic rings. The van der Waals surface area contributed by atoms with Crippen LogP contribution in [0.15, 0.2) is 30.3 Å². The van der Waals surface area contributed by atoms with E-state index in [-0.39, 0.29) is 5.13 Å². The fourth-order valence-electron chi connectivity index (χ4n) is 2.90. The molecule has 3 nitrogen and oxygen atoms in total. The number of hydrogen-bond donors (Lipinski definition) is 0. The average Bonchev–Trinajstić information content (AvgIpc) is 2.85. The maximum atomic E-state index is 14.4. The lowest BCUT2D eigenvalue weighted by Gasteiger charge is -2.37. The molecule has 0 radical (unpaired) electrons. The largest absolute Gasteiger partial charge is 0.444 e. The van der Waals surface area contributed by atoms with Crippen LogP contribution < -0.4 is 0 Å². The van der Waals surface area contributed by atoms with Crippen LogP contribution in [0, 0.1) is 10.9 Å². The molecule has 1 aliphatic rings. The van der Waals surface area contributed by atoms with Crippen molar-refractivity contribution in [3.05, 3.63) is 57.3 Å². The van der Waals surface area contributed by atoms with E-state index in [4.69, 9.17) is 4.74 Å². The van der Waals surface area contributed by atoms with E-state index in [9.17, 15) is 13.6 Å². The Morgan fingerprint density at radius 3 is 2.62 bits per heavy atom. The van der Waals surface area contributed by atoms with Gasteiger partial charge < -0.3 is 4.74 Å². The predicted molar refractivity (Wildman–Crippen MR) is 89.2 cm³/mol. The lowest BCUT2D eigenvalue weighted by atomic mass is 9.93. The summed E-state index contributed by atoms with van der Waals surface area (Å²) in [7, 11) is 0. The van der Waals surface area contributed by atoms with Crippen molar-refractivity contribution < 1.29 is 18.3 Å². The number of ether oxygens (including phenoxy) is 1. The molecule has 0 bridgehead atoms. The van der Waals surface area contributed by atoms with Crippen LogP contribution in [0.4, 0.5) is 13.6 Å². The first-order valence-corrected chi connectivity index (χ1v) is 8.60. The summed E-state index contributed by atoms with van der Waals surface area (Å²) < 4.78 is 33.6. The predicted octanol–water partition coefficient (Wildman–Crippen LogP) is 4.91. The van der Waals surface area contributed by atoms with Crippen LogP contribution in [0.1, 0.15) is 42.8 Å². The minimum atomic E-state index is -0.675. The summed E-state index contributed by atoms with van der Waals surface area (Å²) in [6.45, 7) is 5.70. The molecular formula is C18H19F2NO2S. The molecule has 2 heterocycles. The van der Waals surface area contributed by atoms with E-state index in [1.165, 1.54) is 17.0 Å². The SMILES string of the molecule is CC(C)(C)OC(=O)N1CCc2sc(F)cc2C1c1ccccc1F. The third kappa shape index (κ3) is 3.29. The molecular weight excluding hydrogens is 332 g/mol. The summed E-state index contributed by atoms with van der Waals surface area (Å²) in [4.78, 5) is 14.9. The van der Waals surface area contributed by atoms with Crippen LogP contribution >= 0.6 is 11.3 Å². The van der Waals surface area contributed by atoms with Gasteiger partial charge in [-0.2, -0.15) is 4.39 Å². The van der Waals surface area contributed by atoms with E-state index in [0.29, 0.717) is 24.1 Å². The van der Waals surface area contributed by atoms with Gasteiger partial charge in [-0.1, -0.05) is 18.2 Å². The smallest absolute Gasteiger partial charge is 0.411 e. The zero-order chi connectivity index (χ0) is 17.5. The molecule has 0 saturated carbocycles. The van der Waals surface area contributed by atoms with Crippen LogP contribution in [0.25, 0.3) is 0 Å². The van der Waals surface area contributed by atoms with Gasteiger partial charge in [0.15, 0.2) is 5.13 Å². The molecule has 1 unspecified atom stereocenters. The van der Waals surface area contributed by atoms with Gasteiger partial charge in [-0.15, -0.1) is 11.3 Å². The first kappa shape index (κ1) is 16.9. The van der Waals surface area contributed by atoms with Gasteiger partial charge in [-0.25, -0.2) is 9.18 Å². The number of fused-ring (bicyclic) bond motifs is 1. The zero-order valence-corrected chi connectivity index (χ0v) is 14.6. The van der Waals surface area contributed by atoms with Crippen molar-refractivity contribution in [1.29, 1.82) is 0 Å². The highest BCUT2D eigenvalue weighted by molar-refractivity contribution is 7.10. The molecule has 3 rings (SSSR count). The average molecular weight is 351 g/mol. The molecule has 6 heteroatoms. The van der Waals surface area contributed by atoms with Crippen molar-refractivity contribution in [3.8, 4) is 0 Å². The fraction of sp³-hybridized carbons (Fsp3) is 0.389. The van der Waals surface area contributed by atoms with Gasteiger partial charge in [0.25, 0.3) is 0 Å². The highest BCUT2D eigenvalue weighted by Gasteiger charge is 2.37. The van der Waals surface area contributed by atoms with Crippen LogP contribution in [-0.2, 0) is 11.2 Å². The zero-order valence-electron chi connectivity index (χ0n) is 13.8. The molecule has 1 amide bonds. The molecule has 24 heavy (non-hydrogen) atoms. The van der Waals surface area contributed by atoms with Crippen molar-refractivity contribution in [1.82, 2.24) is 4.90 Å². The van der Waals surface area contributed by atoms with Crippen LogP contribution in [0.5, 0.6) is 0 Å². The molecule has 0 spiro atoms. The Kier molecular flexibility index (Phi) is 4.34. The number of thiophene rings is 1. The summed E-state index contributed by atoms with van der Waals surface area (Å²) in [6, 6.07) is 7.00. The number of hydrogen-bond acceptors (Lipinski definition) is 3. The number of carbonyl (C=O) groups is 1. The Morgan fingerprint density at radius 1 is 1.25 bits per heavy atom. The number of benzene rings is 1. The third-order valence-electron chi connectivity index (χ3n) is 3.83. The Labute approximate surface area is 143 Å². The van der Waals surface area contributed by atoms with Crippen LogP contribution in [0.3, 0.4) is 0 Å². The second-order valence-corrected chi connectivity index (χ2v) is 7.86. The van der Waals surface area contributed by atoms with Crippen molar-refractivity contribution >= 4 is 17.4 Å². The van der Waals surface area contributed by atoms with E-state index < -0.39 is 23.6 Å². The second kappa shape index (κ2) is 6.16. The quantitative estimate of drug-likeness (QED) is 0.731. The molecule has 1 atom stereocenters. The fourth-order valence-corrected chi connectivity index (χ4v) is 3.81. The molecule has 0 aliphatic carbocycles. The minimum Gasteiger partial charge on any atom is -0.444 e. The van der Waals surface area contributed by atoms with E-state index in [1.807, 2.05) is 0 Å². The van der Waals surface area contributed by atoms with Crippen LogP contribution in [-0.4, -0.2) is 23.1 Å². The maximum absolute atomic E-state index is 14.4. The summed E-state index contributed by atoms with van der Waals surface area (Å²) in [5.74, 6) is -0.421. The minimum absolute atomic E-state index is 0.327. The Hall–Kier alpha value is -1.95. The summed E-state index contributed by atoms with van der Waals surface area (Å²) >= 11 is 1.05.